The Morgan fingerprint density at radius 2 is 2.07 bits per heavy atom. The molecule has 2 aromatic heterocycles. The quantitative estimate of drug-likeness (QED) is 0.364. The summed E-state index contributed by atoms with van der Waals surface area (Å²) >= 11 is 1.47. The van der Waals surface area contributed by atoms with Crippen LogP contribution in [0.2, 0.25) is 0 Å². The lowest BCUT2D eigenvalue weighted by atomic mass is 10.1. The maximum atomic E-state index is 13.5. The zero-order valence-corrected chi connectivity index (χ0v) is 15.6. The topological polar surface area (TPSA) is 61.2 Å². The first kappa shape index (κ1) is 18.7. The van der Waals surface area contributed by atoms with Crippen LogP contribution in [0.4, 0.5) is 4.39 Å². The monoisotopic (exact) mass is 384 g/mol. The summed E-state index contributed by atoms with van der Waals surface area (Å²) in [4.78, 5) is 28.5. The van der Waals surface area contributed by atoms with E-state index in [4.69, 9.17) is 4.74 Å². The minimum atomic E-state index is -0.708. The normalized spacial score (nSPS) is 11.1. The molecule has 1 aromatic carbocycles. The highest BCUT2D eigenvalue weighted by Crippen LogP contribution is 2.22. The highest BCUT2D eigenvalue weighted by atomic mass is 32.1. The van der Waals surface area contributed by atoms with Gasteiger partial charge in [0.2, 0.25) is 5.78 Å². The van der Waals surface area contributed by atoms with E-state index >= 15 is 0 Å². The number of nitrogens with zero attached hydrogens (tertiary/aromatic N) is 2. The van der Waals surface area contributed by atoms with Crippen LogP contribution < -0.4 is 0 Å². The fraction of sp³-hybridized carbons (Fsp3) is 0.150. The Hall–Kier alpha value is -3.06. The number of Topliss-reactive ketones (excluding diaryl/α,β-unsaturated/α-hetero) is 1. The molecule has 7 heteroatoms. The summed E-state index contributed by atoms with van der Waals surface area (Å²) in [5.41, 5.74) is 2.36. The van der Waals surface area contributed by atoms with Crippen molar-refractivity contribution in [2.24, 2.45) is 0 Å². The third-order valence-corrected chi connectivity index (χ3v) is 4.75. The Balaban J connectivity index is 1.65. The van der Waals surface area contributed by atoms with Crippen molar-refractivity contribution in [1.82, 2.24) is 9.55 Å². The van der Waals surface area contributed by atoms with E-state index in [1.807, 2.05) is 23.8 Å². The minimum Gasteiger partial charge on any atom is -0.454 e. The van der Waals surface area contributed by atoms with Crippen molar-refractivity contribution < 1.29 is 18.7 Å². The lowest BCUT2D eigenvalue weighted by molar-refractivity contribution is -0.136. The fourth-order valence-electron chi connectivity index (χ4n) is 2.70. The highest BCUT2D eigenvalue weighted by Gasteiger charge is 2.18. The summed E-state index contributed by atoms with van der Waals surface area (Å²) in [7, 11) is 0. The first-order chi connectivity index (χ1) is 13.0. The molecular weight excluding hydrogens is 367 g/mol. The van der Waals surface area contributed by atoms with E-state index in [1.165, 1.54) is 29.5 Å². The molecule has 27 heavy (non-hydrogen) atoms. The van der Waals surface area contributed by atoms with Crippen molar-refractivity contribution in [3.8, 4) is 5.13 Å². The van der Waals surface area contributed by atoms with Crippen molar-refractivity contribution in [3.05, 3.63) is 76.3 Å². The second-order valence-electron chi connectivity index (χ2n) is 5.82. The predicted molar refractivity (Wildman–Crippen MR) is 102 cm³/mol. The zero-order valence-electron chi connectivity index (χ0n) is 14.8. The maximum Gasteiger partial charge on any atom is 0.331 e. The van der Waals surface area contributed by atoms with E-state index in [9.17, 15) is 14.0 Å². The first-order valence-corrected chi connectivity index (χ1v) is 9.06. The Morgan fingerprint density at radius 1 is 1.30 bits per heavy atom. The van der Waals surface area contributed by atoms with Crippen LogP contribution in [-0.4, -0.2) is 27.9 Å². The van der Waals surface area contributed by atoms with Gasteiger partial charge in [0.15, 0.2) is 11.7 Å². The van der Waals surface area contributed by atoms with Gasteiger partial charge in [-0.2, -0.15) is 0 Å². The molecule has 3 aromatic rings. The van der Waals surface area contributed by atoms with E-state index in [-0.39, 0.29) is 18.0 Å². The van der Waals surface area contributed by atoms with Gasteiger partial charge < -0.3 is 4.74 Å². The lowest BCUT2D eigenvalue weighted by Gasteiger charge is -2.05. The van der Waals surface area contributed by atoms with E-state index in [0.29, 0.717) is 5.56 Å². The van der Waals surface area contributed by atoms with Gasteiger partial charge >= 0.3 is 5.97 Å². The number of halogens is 1. The van der Waals surface area contributed by atoms with Gasteiger partial charge in [0, 0.05) is 40.2 Å². The number of rotatable bonds is 6. The second-order valence-corrected chi connectivity index (χ2v) is 6.69. The molecule has 0 unspecified atom stereocenters. The summed E-state index contributed by atoms with van der Waals surface area (Å²) in [5, 5.41) is 2.63. The minimum absolute atomic E-state index is 0.271. The van der Waals surface area contributed by atoms with Crippen LogP contribution in [0.1, 0.15) is 27.3 Å². The maximum absolute atomic E-state index is 13.5. The average Bonchev–Trinajstić information content (AvgIpc) is 3.26. The molecule has 0 aliphatic heterocycles. The van der Waals surface area contributed by atoms with Crippen molar-refractivity contribution in [1.29, 1.82) is 0 Å². The summed E-state index contributed by atoms with van der Waals surface area (Å²) in [5.74, 6) is -1.45. The van der Waals surface area contributed by atoms with Gasteiger partial charge in [0.1, 0.15) is 5.82 Å². The second kappa shape index (κ2) is 8.09. The largest absolute Gasteiger partial charge is 0.454 e. The molecule has 3 rings (SSSR count). The smallest absolute Gasteiger partial charge is 0.331 e. The molecule has 0 saturated carbocycles. The molecule has 138 valence electrons. The van der Waals surface area contributed by atoms with Crippen molar-refractivity contribution in [2.75, 3.05) is 6.61 Å². The van der Waals surface area contributed by atoms with Crippen LogP contribution in [0.15, 0.2) is 48.0 Å². The molecule has 0 fully saturated rings. The van der Waals surface area contributed by atoms with Crippen LogP contribution in [0, 0.1) is 19.7 Å². The number of carbonyl (C=O) groups excluding carboxylic acids is 2. The molecule has 0 spiro atoms. The molecule has 0 aliphatic rings. The number of aryl methyl sites for hydroxylation is 1. The molecule has 2 heterocycles. The molecule has 0 atom stereocenters. The third kappa shape index (κ3) is 4.20. The molecule has 5 nitrogen and oxygen atoms in total. The summed E-state index contributed by atoms with van der Waals surface area (Å²) in [6.45, 7) is 3.32. The Kier molecular flexibility index (Phi) is 5.61. The molecule has 0 radical (unpaired) electrons. The standard InChI is InChI=1S/C20H17FN2O3S/c1-13-11-16(14(2)23(13)20-22-9-10-27-20)18(24)12-26-19(25)8-7-15-5-3-4-6-17(15)21/h3-11H,12H2,1-2H3/b8-7+. The Labute approximate surface area is 159 Å². The number of aromatic nitrogens is 2. The van der Waals surface area contributed by atoms with Gasteiger partial charge in [0.05, 0.1) is 0 Å². The number of thiazole rings is 1. The van der Waals surface area contributed by atoms with Gasteiger partial charge in [-0.1, -0.05) is 18.2 Å². The SMILES string of the molecule is Cc1cc(C(=O)COC(=O)/C=C/c2ccccc2F)c(C)n1-c1nccs1. The van der Waals surface area contributed by atoms with Crippen LogP contribution in [0.5, 0.6) is 0 Å². The van der Waals surface area contributed by atoms with Crippen molar-refractivity contribution in [3.63, 3.8) is 0 Å². The van der Waals surface area contributed by atoms with E-state index in [1.54, 1.807) is 24.4 Å². The van der Waals surface area contributed by atoms with Gasteiger partial charge in [-0.15, -0.1) is 11.3 Å². The summed E-state index contributed by atoms with van der Waals surface area (Å²) in [6.07, 6.45) is 4.12. The molecule has 0 bridgehead atoms. The highest BCUT2D eigenvalue weighted by molar-refractivity contribution is 7.12. The lowest BCUT2D eigenvalue weighted by Crippen LogP contribution is -2.13. The van der Waals surface area contributed by atoms with Gasteiger partial charge in [0.25, 0.3) is 0 Å². The molecule has 0 aliphatic carbocycles. The van der Waals surface area contributed by atoms with Gasteiger partial charge in [-0.05, 0) is 32.1 Å². The van der Waals surface area contributed by atoms with Crippen LogP contribution >= 0.6 is 11.3 Å². The first-order valence-electron chi connectivity index (χ1n) is 8.18. The van der Waals surface area contributed by atoms with Crippen molar-refractivity contribution >= 4 is 29.2 Å². The molecule has 0 amide bonds. The third-order valence-electron chi connectivity index (χ3n) is 3.99. The molecule has 0 saturated heterocycles. The Bertz CT molecular complexity index is 1010. The number of benzene rings is 1. The fourth-order valence-corrected chi connectivity index (χ4v) is 3.45. The van der Waals surface area contributed by atoms with E-state index in [0.717, 1.165) is 22.6 Å². The average molecular weight is 384 g/mol. The summed E-state index contributed by atoms with van der Waals surface area (Å²) in [6, 6.07) is 7.81. The van der Waals surface area contributed by atoms with Gasteiger partial charge in [-0.3, -0.25) is 9.36 Å². The van der Waals surface area contributed by atoms with E-state index < -0.39 is 11.8 Å². The molecule has 0 N–H and O–H groups in total. The van der Waals surface area contributed by atoms with Gasteiger partial charge in [-0.25, -0.2) is 14.2 Å². The number of ether oxygens (including phenoxy) is 1. The van der Waals surface area contributed by atoms with Crippen LogP contribution in [0.3, 0.4) is 0 Å². The number of carbonyl (C=O) groups is 2. The predicted octanol–water partition coefficient (Wildman–Crippen LogP) is 4.13. The Morgan fingerprint density at radius 3 is 2.78 bits per heavy atom. The summed E-state index contributed by atoms with van der Waals surface area (Å²) < 4.78 is 20.4. The number of esters is 1. The number of ketones is 1. The van der Waals surface area contributed by atoms with E-state index in [2.05, 4.69) is 4.98 Å². The number of hydrogen-bond donors (Lipinski definition) is 0. The van der Waals surface area contributed by atoms with Crippen LogP contribution in [0.25, 0.3) is 11.2 Å². The number of hydrogen-bond acceptors (Lipinski definition) is 5. The van der Waals surface area contributed by atoms with Crippen LogP contribution in [-0.2, 0) is 9.53 Å². The molecular formula is C20H17FN2O3S. The zero-order chi connectivity index (χ0) is 19.4. The van der Waals surface area contributed by atoms with Crippen molar-refractivity contribution in [2.45, 2.75) is 13.8 Å².